The average Bonchev–Trinajstić information content (AvgIpc) is 3.08. The zero-order chi connectivity index (χ0) is 35.5. The van der Waals surface area contributed by atoms with E-state index in [2.05, 4.69) is 0 Å². The van der Waals surface area contributed by atoms with E-state index in [1.807, 2.05) is 6.92 Å². The first-order chi connectivity index (χ1) is 23.9. The van der Waals surface area contributed by atoms with Crippen molar-refractivity contribution < 1.29 is 74.6 Å². The number of ether oxygens (including phenoxy) is 11. The number of aliphatic carboxylic acids is 1. The molecule has 1 N–H and O–H groups in total. The van der Waals surface area contributed by atoms with Gasteiger partial charge in [0, 0.05) is 0 Å². The predicted molar refractivity (Wildman–Crippen MR) is 176 cm³/mol. The van der Waals surface area contributed by atoms with E-state index in [0.717, 1.165) is 5.56 Å². The number of rotatable bonds is 38. The smallest absolute Gasteiger partial charge is 0.305 e. The first-order valence-corrected chi connectivity index (χ1v) is 17.9. The van der Waals surface area contributed by atoms with Crippen LogP contribution in [0.15, 0.2) is 29.2 Å². The zero-order valence-corrected chi connectivity index (χ0v) is 29.6. The van der Waals surface area contributed by atoms with Gasteiger partial charge < -0.3 is 57.2 Å². The van der Waals surface area contributed by atoms with Crippen LogP contribution in [0.5, 0.6) is 0 Å². The molecule has 286 valence electrons. The van der Waals surface area contributed by atoms with Crippen LogP contribution in [0.4, 0.5) is 0 Å². The van der Waals surface area contributed by atoms with Crippen LogP contribution >= 0.6 is 0 Å². The van der Waals surface area contributed by atoms with Gasteiger partial charge in [-0.3, -0.25) is 8.98 Å². The molecule has 16 nitrogen and oxygen atoms in total. The van der Waals surface area contributed by atoms with Gasteiger partial charge in [0.2, 0.25) is 0 Å². The van der Waals surface area contributed by atoms with Crippen LogP contribution in [-0.4, -0.2) is 171 Å². The lowest BCUT2D eigenvalue weighted by atomic mass is 10.2. The molecule has 1 aromatic carbocycles. The molecule has 0 saturated carbocycles. The number of aryl methyl sites for hydroxylation is 1. The lowest BCUT2D eigenvalue weighted by molar-refractivity contribution is -0.138. The largest absolute Gasteiger partial charge is 0.481 e. The van der Waals surface area contributed by atoms with Crippen molar-refractivity contribution in [3.63, 3.8) is 0 Å². The van der Waals surface area contributed by atoms with Gasteiger partial charge in [-0.25, -0.2) is 0 Å². The minimum atomic E-state index is -3.78. The molecule has 0 aliphatic carbocycles. The molecule has 0 radical (unpaired) electrons. The van der Waals surface area contributed by atoms with Crippen LogP contribution in [0, 0.1) is 6.92 Å². The quantitative estimate of drug-likeness (QED) is 0.0760. The van der Waals surface area contributed by atoms with Gasteiger partial charge in [0.1, 0.15) is 0 Å². The maximum absolute atomic E-state index is 12.1. The third-order valence-electron chi connectivity index (χ3n) is 5.96. The number of benzene rings is 1. The van der Waals surface area contributed by atoms with Crippen LogP contribution in [0.2, 0.25) is 0 Å². The highest BCUT2D eigenvalue weighted by atomic mass is 32.2. The summed E-state index contributed by atoms with van der Waals surface area (Å²) in [5.74, 6) is -0.881. The summed E-state index contributed by atoms with van der Waals surface area (Å²) in [4.78, 5) is 10.5. The van der Waals surface area contributed by atoms with Gasteiger partial charge in [-0.05, 0) is 19.1 Å². The van der Waals surface area contributed by atoms with Crippen molar-refractivity contribution in [2.24, 2.45) is 0 Å². The van der Waals surface area contributed by atoms with Gasteiger partial charge in [0.05, 0.1) is 163 Å². The van der Waals surface area contributed by atoms with Crippen LogP contribution in [-0.2, 0) is 71.2 Å². The second kappa shape index (κ2) is 33.3. The molecule has 0 bridgehead atoms. The predicted octanol–water partition coefficient (Wildman–Crippen LogP) is 1.36. The lowest BCUT2D eigenvalue weighted by Crippen LogP contribution is -2.16. The molecule has 0 unspecified atom stereocenters. The highest BCUT2D eigenvalue weighted by Crippen LogP contribution is 2.12. The number of carboxylic acid groups (broad SMARTS) is 1. The Balaban J connectivity index is 1.67. The molecule has 0 atom stereocenters. The fourth-order valence-electron chi connectivity index (χ4n) is 3.44. The summed E-state index contributed by atoms with van der Waals surface area (Å²) in [6.07, 6.45) is -0.00952. The molecule has 0 aliphatic rings. The average molecular weight is 729 g/mol. The summed E-state index contributed by atoms with van der Waals surface area (Å²) in [5, 5.41) is 8.49. The highest BCUT2D eigenvalue weighted by molar-refractivity contribution is 7.86. The first-order valence-electron chi connectivity index (χ1n) is 16.4. The summed E-state index contributed by atoms with van der Waals surface area (Å²) in [5.41, 5.74) is 0.970. The molecular formula is C32H56O16S. The van der Waals surface area contributed by atoms with E-state index in [-0.39, 0.29) is 31.1 Å². The maximum atomic E-state index is 12.1. The SMILES string of the molecule is Cc1ccc(S(=O)(=O)OCCOCCOCCOCCOCCOCCOCCOCCOCCOCCOCCOCCC(=O)O)cc1. The van der Waals surface area contributed by atoms with Crippen molar-refractivity contribution in [1.29, 1.82) is 0 Å². The van der Waals surface area contributed by atoms with Gasteiger partial charge in [0.15, 0.2) is 0 Å². The fraction of sp³-hybridized carbons (Fsp3) is 0.781. The van der Waals surface area contributed by atoms with Gasteiger partial charge in [-0.1, -0.05) is 17.7 Å². The monoisotopic (exact) mass is 728 g/mol. The molecule has 0 aliphatic heterocycles. The van der Waals surface area contributed by atoms with Crippen molar-refractivity contribution in [2.45, 2.75) is 18.2 Å². The minimum absolute atomic E-state index is 0.00952. The van der Waals surface area contributed by atoms with E-state index in [9.17, 15) is 13.2 Å². The Labute approximate surface area is 290 Å². The molecule has 0 saturated heterocycles. The molecule has 1 aromatic rings. The van der Waals surface area contributed by atoms with E-state index in [1.165, 1.54) is 12.1 Å². The van der Waals surface area contributed by atoms with Gasteiger partial charge in [0.25, 0.3) is 10.1 Å². The standard InChI is InChI=1S/C32H56O16S/c1-30-2-4-31(5-3-30)49(35,36)48-29-28-47-27-26-46-25-24-45-23-22-44-21-20-43-19-18-42-17-16-41-15-14-40-13-12-39-11-10-38-9-8-37-7-6-32(33)34/h2-5H,6-29H2,1H3,(H,33,34). The second-order valence-electron chi connectivity index (χ2n) is 9.97. The van der Waals surface area contributed by atoms with Crippen molar-refractivity contribution in [3.05, 3.63) is 29.8 Å². The number of carbonyl (C=O) groups is 1. The van der Waals surface area contributed by atoms with E-state index in [0.29, 0.717) is 132 Å². The van der Waals surface area contributed by atoms with Crippen molar-refractivity contribution in [3.8, 4) is 0 Å². The normalized spacial score (nSPS) is 11.8. The van der Waals surface area contributed by atoms with Gasteiger partial charge >= 0.3 is 5.97 Å². The third-order valence-corrected chi connectivity index (χ3v) is 7.28. The van der Waals surface area contributed by atoms with E-state index >= 15 is 0 Å². The number of hydrogen-bond donors (Lipinski definition) is 1. The number of carboxylic acids is 1. The fourth-order valence-corrected chi connectivity index (χ4v) is 4.33. The Hall–Kier alpha value is -1.84. The Bertz CT molecular complexity index is 980. The van der Waals surface area contributed by atoms with E-state index < -0.39 is 16.1 Å². The van der Waals surface area contributed by atoms with Gasteiger partial charge in [-0.2, -0.15) is 8.42 Å². The summed E-state index contributed by atoms with van der Waals surface area (Å²) >= 11 is 0. The topological polar surface area (TPSA) is 182 Å². The zero-order valence-electron chi connectivity index (χ0n) is 28.8. The van der Waals surface area contributed by atoms with Crippen LogP contribution in [0.3, 0.4) is 0 Å². The number of hydrogen-bond acceptors (Lipinski definition) is 15. The molecule has 0 amide bonds. The summed E-state index contributed by atoms with van der Waals surface area (Å²) in [6.45, 7) is 10.9. The Morgan fingerprint density at radius 1 is 0.449 bits per heavy atom. The molecule has 0 fully saturated rings. The van der Waals surface area contributed by atoms with E-state index in [1.54, 1.807) is 12.1 Å². The summed E-state index contributed by atoms with van der Waals surface area (Å²) < 4.78 is 88.3. The van der Waals surface area contributed by atoms with Crippen molar-refractivity contribution in [2.75, 3.05) is 152 Å². The maximum Gasteiger partial charge on any atom is 0.305 e. The molecule has 17 heteroatoms. The summed E-state index contributed by atoms with van der Waals surface area (Å²) in [6, 6.07) is 6.46. The molecular weight excluding hydrogens is 672 g/mol. The van der Waals surface area contributed by atoms with Crippen LogP contribution < -0.4 is 0 Å². The first kappa shape index (κ1) is 45.2. The molecule has 0 aromatic heterocycles. The van der Waals surface area contributed by atoms with Crippen LogP contribution in [0.1, 0.15) is 12.0 Å². The molecule has 1 rings (SSSR count). The van der Waals surface area contributed by atoms with Crippen LogP contribution in [0.25, 0.3) is 0 Å². The molecule has 0 spiro atoms. The van der Waals surface area contributed by atoms with Crippen molar-refractivity contribution in [1.82, 2.24) is 0 Å². The Morgan fingerprint density at radius 3 is 0.959 bits per heavy atom. The summed E-state index contributed by atoms with van der Waals surface area (Å²) in [7, 11) is -3.78. The van der Waals surface area contributed by atoms with E-state index in [4.69, 9.17) is 61.4 Å². The Morgan fingerprint density at radius 2 is 0.694 bits per heavy atom. The second-order valence-corrected chi connectivity index (χ2v) is 11.6. The molecule has 49 heavy (non-hydrogen) atoms. The van der Waals surface area contributed by atoms with Gasteiger partial charge in [-0.15, -0.1) is 0 Å². The third kappa shape index (κ3) is 30.7. The van der Waals surface area contributed by atoms with Crippen molar-refractivity contribution >= 4 is 16.1 Å². The highest BCUT2D eigenvalue weighted by Gasteiger charge is 2.14. The lowest BCUT2D eigenvalue weighted by Gasteiger charge is -2.09. The Kier molecular flexibility index (Phi) is 30.7. The molecule has 0 heterocycles. The minimum Gasteiger partial charge on any atom is -0.481 e.